The van der Waals surface area contributed by atoms with Crippen LogP contribution in [0, 0.1) is 5.82 Å². The highest BCUT2D eigenvalue weighted by molar-refractivity contribution is 7.92. The van der Waals surface area contributed by atoms with Crippen molar-refractivity contribution in [3.8, 4) is 5.75 Å². The Morgan fingerprint density at radius 1 is 1.09 bits per heavy atom. The summed E-state index contributed by atoms with van der Waals surface area (Å²) in [5, 5.41) is 2.54. The minimum Gasteiger partial charge on any atom is -0.496 e. The molecule has 0 bridgehead atoms. The summed E-state index contributed by atoms with van der Waals surface area (Å²) >= 11 is 5.88. The molecule has 3 rings (SSSR count). The van der Waals surface area contributed by atoms with Crippen molar-refractivity contribution in [2.75, 3.05) is 18.0 Å². The second-order valence-corrected chi connectivity index (χ2v) is 9.22. The van der Waals surface area contributed by atoms with Gasteiger partial charge in [0.15, 0.2) is 0 Å². The SMILES string of the molecule is COc1ccccc1C(C)NC(=O)CN(c1ccc(F)c(Cl)c1)S(=O)(=O)c1ccccc1. The van der Waals surface area contributed by atoms with E-state index in [1.807, 2.05) is 18.2 Å². The van der Waals surface area contributed by atoms with Gasteiger partial charge in [-0.15, -0.1) is 0 Å². The maximum atomic E-state index is 13.7. The maximum Gasteiger partial charge on any atom is 0.264 e. The molecule has 0 saturated heterocycles. The molecule has 1 N–H and O–H groups in total. The van der Waals surface area contributed by atoms with Crippen LogP contribution in [0.3, 0.4) is 0 Å². The van der Waals surface area contributed by atoms with Crippen molar-refractivity contribution in [3.63, 3.8) is 0 Å². The van der Waals surface area contributed by atoms with E-state index in [0.29, 0.717) is 5.75 Å². The van der Waals surface area contributed by atoms with E-state index in [1.54, 1.807) is 31.2 Å². The molecule has 1 amide bonds. The Hall–Kier alpha value is -3.10. The lowest BCUT2D eigenvalue weighted by Gasteiger charge is -2.25. The number of sulfonamides is 1. The quantitative estimate of drug-likeness (QED) is 0.517. The van der Waals surface area contributed by atoms with Gasteiger partial charge in [0.1, 0.15) is 18.1 Å². The van der Waals surface area contributed by atoms with E-state index < -0.39 is 34.3 Å². The fraction of sp³-hybridized carbons (Fsp3) is 0.174. The average Bonchev–Trinajstić information content (AvgIpc) is 2.79. The van der Waals surface area contributed by atoms with Gasteiger partial charge in [0.2, 0.25) is 5.91 Å². The molecule has 0 aromatic heterocycles. The molecule has 0 radical (unpaired) electrons. The number of para-hydroxylation sites is 1. The summed E-state index contributed by atoms with van der Waals surface area (Å²) in [4.78, 5) is 12.9. The standard InChI is InChI=1S/C23H22ClFN2O4S/c1-16(19-10-6-7-11-22(19)31-2)26-23(28)15-27(17-12-13-21(25)20(24)14-17)32(29,30)18-8-4-3-5-9-18/h3-14,16H,15H2,1-2H3,(H,26,28). The Kier molecular flexibility index (Phi) is 7.37. The monoisotopic (exact) mass is 476 g/mol. The Bertz CT molecular complexity index is 1210. The van der Waals surface area contributed by atoms with Crippen molar-refractivity contribution < 1.29 is 22.3 Å². The number of hydrogen-bond acceptors (Lipinski definition) is 4. The van der Waals surface area contributed by atoms with Crippen LogP contribution < -0.4 is 14.4 Å². The minimum atomic E-state index is -4.13. The van der Waals surface area contributed by atoms with Crippen LogP contribution in [-0.2, 0) is 14.8 Å². The third-order valence-electron chi connectivity index (χ3n) is 4.79. The molecule has 168 valence electrons. The van der Waals surface area contributed by atoms with Gasteiger partial charge in [-0.2, -0.15) is 0 Å². The van der Waals surface area contributed by atoms with Crippen LogP contribution in [0.25, 0.3) is 0 Å². The molecule has 0 aliphatic rings. The molecule has 3 aromatic rings. The molecule has 1 atom stereocenters. The highest BCUT2D eigenvalue weighted by Gasteiger charge is 2.28. The van der Waals surface area contributed by atoms with Crippen molar-refractivity contribution in [2.45, 2.75) is 17.9 Å². The second-order valence-electron chi connectivity index (χ2n) is 6.95. The zero-order valence-corrected chi connectivity index (χ0v) is 19.0. The van der Waals surface area contributed by atoms with Crippen LogP contribution in [0.5, 0.6) is 5.75 Å². The zero-order valence-electron chi connectivity index (χ0n) is 17.5. The van der Waals surface area contributed by atoms with Crippen LogP contribution in [0.15, 0.2) is 77.7 Å². The topological polar surface area (TPSA) is 75.7 Å². The smallest absolute Gasteiger partial charge is 0.264 e. The summed E-state index contributed by atoms with van der Waals surface area (Å²) < 4.78 is 46.5. The summed E-state index contributed by atoms with van der Waals surface area (Å²) in [5.41, 5.74) is 0.811. The van der Waals surface area contributed by atoms with Crippen LogP contribution in [0.1, 0.15) is 18.5 Å². The molecule has 32 heavy (non-hydrogen) atoms. The van der Waals surface area contributed by atoms with Gasteiger partial charge in [0, 0.05) is 5.56 Å². The maximum absolute atomic E-state index is 13.7. The predicted octanol–water partition coefficient (Wildman–Crippen LogP) is 4.56. The molecule has 0 spiro atoms. The lowest BCUT2D eigenvalue weighted by Crippen LogP contribution is -2.41. The number of methoxy groups -OCH3 is 1. The number of anilines is 1. The molecule has 0 aliphatic carbocycles. The summed E-state index contributed by atoms with van der Waals surface area (Å²) in [5.74, 6) is -0.649. The van der Waals surface area contributed by atoms with E-state index >= 15 is 0 Å². The highest BCUT2D eigenvalue weighted by atomic mass is 35.5. The van der Waals surface area contributed by atoms with Crippen LogP contribution in [0.4, 0.5) is 10.1 Å². The van der Waals surface area contributed by atoms with Crippen LogP contribution in [0.2, 0.25) is 5.02 Å². The second kappa shape index (κ2) is 10.0. The number of nitrogens with one attached hydrogen (secondary N) is 1. The summed E-state index contributed by atoms with van der Waals surface area (Å²) in [6, 6.07) is 17.9. The lowest BCUT2D eigenvalue weighted by molar-refractivity contribution is -0.120. The summed E-state index contributed by atoms with van der Waals surface area (Å²) in [6.45, 7) is 1.24. The number of hydrogen-bond donors (Lipinski definition) is 1. The number of rotatable bonds is 8. The first-order valence-corrected chi connectivity index (χ1v) is 11.5. The first kappa shape index (κ1) is 23.6. The predicted molar refractivity (Wildman–Crippen MR) is 122 cm³/mol. The number of carbonyl (C=O) groups is 1. The number of nitrogens with zero attached hydrogens (tertiary/aromatic N) is 1. The Labute approximate surface area is 191 Å². The number of carbonyl (C=O) groups excluding carboxylic acids is 1. The lowest BCUT2D eigenvalue weighted by atomic mass is 10.1. The van der Waals surface area contributed by atoms with Gasteiger partial charge in [-0.3, -0.25) is 9.10 Å². The molecule has 0 heterocycles. The minimum absolute atomic E-state index is 0.00831. The average molecular weight is 477 g/mol. The van der Waals surface area contributed by atoms with Crippen molar-refractivity contribution >= 4 is 33.2 Å². The van der Waals surface area contributed by atoms with Gasteiger partial charge in [0.25, 0.3) is 10.0 Å². The molecule has 0 aliphatic heterocycles. The molecule has 0 fully saturated rings. The molecular formula is C23H22ClFN2O4S. The fourth-order valence-corrected chi connectivity index (χ4v) is 4.80. The third kappa shape index (κ3) is 5.20. The molecule has 1 unspecified atom stereocenters. The van der Waals surface area contributed by atoms with E-state index in [9.17, 15) is 17.6 Å². The van der Waals surface area contributed by atoms with Gasteiger partial charge in [0.05, 0.1) is 28.8 Å². The molecule has 0 saturated carbocycles. The zero-order chi connectivity index (χ0) is 23.3. The Balaban J connectivity index is 1.92. The third-order valence-corrected chi connectivity index (χ3v) is 6.87. The van der Waals surface area contributed by atoms with Crippen molar-refractivity contribution in [3.05, 3.63) is 89.2 Å². The van der Waals surface area contributed by atoms with Gasteiger partial charge in [-0.05, 0) is 43.3 Å². The van der Waals surface area contributed by atoms with Gasteiger partial charge < -0.3 is 10.1 Å². The van der Waals surface area contributed by atoms with Crippen LogP contribution in [-0.4, -0.2) is 28.0 Å². The first-order chi connectivity index (χ1) is 15.2. The fourth-order valence-electron chi connectivity index (χ4n) is 3.19. The molecular weight excluding hydrogens is 455 g/mol. The van der Waals surface area contributed by atoms with Crippen molar-refractivity contribution in [1.29, 1.82) is 0 Å². The van der Waals surface area contributed by atoms with E-state index in [2.05, 4.69) is 5.32 Å². The van der Waals surface area contributed by atoms with E-state index in [4.69, 9.17) is 16.3 Å². The highest BCUT2D eigenvalue weighted by Crippen LogP contribution is 2.28. The van der Waals surface area contributed by atoms with E-state index in [-0.39, 0.29) is 15.6 Å². The largest absolute Gasteiger partial charge is 0.496 e. The van der Waals surface area contributed by atoms with Gasteiger partial charge in [-0.1, -0.05) is 48.0 Å². The molecule has 6 nitrogen and oxygen atoms in total. The summed E-state index contributed by atoms with van der Waals surface area (Å²) in [6.07, 6.45) is 0. The first-order valence-electron chi connectivity index (χ1n) is 9.69. The van der Waals surface area contributed by atoms with Gasteiger partial charge >= 0.3 is 0 Å². The number of amides is 1. The number of benzene rings is 3. The number of ether oxygens (including phenoxy) is 1. The normalized spacial score (nSPS) is 12.1. The van der Waals surface area contributed by atoms with Gasteiger partial charge in [-0.25, -0.2) is 12.8 Å². The molecule has 3 aromatic carbocycles. The van der Waals surface area contributed by atoms with Crippen molar-refractivity contribution in [2.24, 2.45) is 0 Å². The van der Waals surface area contributed by atoms with Crippen molar-refractivity contribution in [1.82, 2.24) is 5.32 Å². The van der Waals surface area contributed by atoms with E-state index in [1.165, 1.54) is 31.4 Å². The Morgan fingerprint density at radius 2 is 1.75 bits per heavy atom. The number of halogens is 2. The molecule has 9 heteroatoms. The van der Waals surface area contributed by atoms with E-state index in [0.717, 1.165) is 15.9 Å². The Morgan fingerprint density at radius 3 is 2.41 bits per heavy atom. The van der Waals surface area contributed by atoms with Crippen LogP contribution >= 0.6 is 11.6 Å². The summed E-state index contributed by atoms with van der Waals surface area (Å²) in [7, 11) is -2.60.